The molecular formula is C16H17NO5. The van der Waals surface area contributed by atoms with E-state index in [0.717, 1.165) is 5.56 Å². The first-order valence-corrected chi connectivity index (χ1v) is 7.03. The van der Waals surface area contributed by atoms with Gasteiger partial charge < -0.3 is 19.0 Å². The van der Waals surface area contributed by atoms with Crippen LogP contribution in [0.1, 0.15) is 17.4 Å². The van der Waals surface area contributed by atoms with Gasteiger partial charge in [-0.25, -0.2) is 4.79 Å². The summed E-state index contributed by atoms with van der Waals surface area (Å²) in [4.78, 5) is 13.8. The molecule has 1 aromatic carbocycles. The number of hydrogen-bond donors (Lipinski definition) is 1. The highest BCUT2D eigenvalue weighted by Gasteiger charge is 2.40. The second-order valence-corrected chi connectivity index (χ2v) is 5.03. The highest BCUT2D eigenvalue weighted by atomic mass is 16.6. The average molecular weight is 303 g/mol. The van der Waals surface area contributed by atoms with Gasteiger partial charge in [0.1, 0.15) is 6.61 Å². The summed E-state index contributed by atoms with van der Waals surface area (Å²) in [5.74, 6) is 0. The van der Waals surface area contributed by atoms with Gasteiger partial charge in [0.15, 0.2) is 6.23 Å². The normalized spacial score (nSPS) is 21.0. The molecule has 0 aliphatic carbocycles. The molecule has 0 radical (unpaired) electrons. The molecule has 6 nitrogen and oxygen atoms in total. The van der Waals surface area contributed by atoms with Crippen LogP contribution in [0.4, 0.5) is 4.79 Å². The summed E-state index contributed by atoms with van der Waals surface area (Å²) in [7, 11) is 0. The molecule has 116 valence electrons. The van der Waals surface area contributed by atoms with Crippen molar-refractivity contribution in [3.63, 3.8) is 0 Å². The van der Waals surface area contributed by atoms with E-state index < -0.39 is 18.4 Å². The topological polar surface area (TPSA) is 72.1 Å². The van der Waals surface area contributed by atoms with E-state index in [1.165, 1.54) is 17.4 Å². The number of carbonyl (C=O) groups excluding carboxylic acids is 1. The number of rotatable bonds is 4. The molecule has 22 heavy (non-hydrogen) atoms. The van der Waals surface area contributed by atoms with Crippen molar-refractivity contribution in [2.24, 2.45) is 0 Å². The Morgan fingerprint density at radius 2 is 2.14 bits per heavy atom. The molecule has 6 heteroatoms. The van der Waals surface area contributed by atoms with Crippen molar-refractivity contribution >= 4 is 6.09 Å². The van der Waals surface area contributed by atoms with E-state index in [2.05, 4.69) is 0 Å². The lowest BCUT2D eigenvalue weighted by Crippen LogP contribution is -2.40. The number of hydrogen-bond acceptors (Lipinski definition) is 5. The van der Waals surface area contributed by atoms with Crippen molar-refractivity contribution in [3.05, 3.63) is 60.1 Å². The molecule has 1 saturated heterocycles. The third-order valence-electron chi connectivity index (χ3n) is 3.55. The van der Waals surface area contributed by atoms with Crippen LogP contribution in [0.3, 0.4) is 0 Å². The van der Waals surface area contributed by atoms with E-state index in [4.69, 9.17) is 13.9 Å². The number of aliphatic hydroxyl groups is 1. The minimum absolute atomic E-state index is 0.173. The lowest BCUT2D eigenvalue weighted by Gasteiger charge is -2.25. The van der Waals surface area contributed by atoms with Crippen molar-refractivity contribution < 1.29 is 23.8 Å². The zero-order valence-corrected chi connectivity index (χ0v) is 11.9. The van der Waals surface area contributed by atoms with E-state index >= 15 is 0 Å². The Bertz CT molecular complexity index is 598. The smallest absolute Gasteiger partial charge is 0.412 e. The fourth-order valence-electron chi connectivity index (χ4n) is 2.41. The van der Waals surface area contributed by atoms with Gasteiger partial charge in [-0.05, 0) is 11.6 Å². The molecule has 1 aromatic heterocycles. The summed E-state index contributed by atoms with van der Waals surface area (Å²) in [6.07, 6.45) is 1.91. The molecule has 2 atom stereocenters. The van der Waals surface area contributed by atoms with Gasteiger partial charge in [-0.15, -0.1) is 0 Å². The maximum Gasteiger partial charge on any atom is 0.412 e. The molecule has 1 aliphatic heterocycles. The molecule has 1 aliphatic rings. The van der Waals surface area contributed by atoms with Crippen molar-refractivity contribution in [1.29, 1.82) is 0 Å². The number of carbonyl (C=O) groups is 1. The molecule has 1 amide bonds. The van der Waals surface area contributed by atoms with Crippen LogP contribution in [0.5, 0.6) is 0 Å². The molecule has 0 unspecified atom stereocenters. The quantitative estimate of drug-likeness (QED) is 0.938. The minimum atomic E-state index is -0.598. The fourth-order valence-corrected chi connectivity index (χ4v) is 2.41. The first-order valence-electron chi connectivity index (χ1n) is 7.03. The van der Waals surface area contributed by atoms with Crippen molar-refractivity contribution in [2.45, 2.75) is 18.9 Å². The van der Waals surface area contributed by atoms with Crippen LogP contribution >= 0.6 is 0 Å². The third-order valence-corrected chi connectivity index (χ3v) is 3.55. The lowest BCUT2D eigenvalue weighted by atomic mass is 10.2. The standard InChI is InChI=1S/C16H17NO5/c18-8-14-11-21-15(13-6-7-20-10-13)17(14)16(19)22-9-12-4-2-1-3-5-12/h1-7,10,14-15,18H,8-9,11H2/t14-,15+/m0/s1. The molecule has 0 saturated carbocycles. The van der Waals surface area contributed by atoms with E-state index in [-0.39, 0.29) is 19.8 Å². The number of furan rings is 1. The first kappa shape index (κ1) is 14.6. The molecular weight excluding hydrogens is 286 g/mol. The van der Waals surface area contributed by atoms with Crippen LogP contribution in [0, 0.1) is 0 Å². The van der Waals surface area contributed by atoms with Gasteiger partial charge in [0.05, 0.1) is 31.8 Å². The van der Waals surface area contributed by atoms with Crippen molar-refractivity contribution in [2.75, 3.05) is 13.2 Å². The van der Waals surface area contributed by atoms with Crippen LogP contribution in [0.15, 0.2) is 53.3 Å². The number of benzene rings is 1. The number of ether oxygens (including phenoxy) is 2. The second-order valence-electron chi connectivity index (χ2n) is 5.03. The SMILES string of the molecule is O=C(OCc1ccccc1)N1[C@@H](CO)CO[C@@H]1c1ccoc1. The number of amides is 1. The molecule has 2 aromatic rings. The Hall–Kier alpha value is -2.31. The zero-order chi connectivity index (χ0) is 15.4. The summed E-state index contributed by atoms with van der Waals surface area (Å²) < 4.78 is 16.0. The van der Waals surface area contributed by atoms with Crippen LogP contribution in [-0.2, 0) is 16.1 Å². The Morgan fingerprint density at radius 3 is 2.82 bits per heavy atom. The third kappa shape index (κ3) is 2.98. The predicted molar refractivity (Wildman–Crippen MR) is 76.7 cm³/mol. The summed E-state index contributed by atoms with van der Waals surface area (Å²) in [6, 6.07) is 10.7. The Kier molecular flexibility index (Phi) is 4.41. The van der Waals surface area contributed by atoms with Gasteiger partial charge in [-0.3, -0.25) is 4.90 Å². The van der Waals surface area contributed by atoms with Gasteiger partial charge in [-0.1, -0.05) is 30.3 Å². The molecule has 0 bridgehead atoms. The molecule has 1 N–H and O–H groups in total. The van der Waals surface area contributed by atoms with Gasteiger partial charge in [0.25, 0.3) is 0 Å². The lowest BCUT2D eigenvalue weighted by molar-refractivity contribution is 0.0143. The first-order chi connectivity index (χ1) is 10.8. The number of nitrogens with zero attached hydrogens (tertiary/aromatic N) is 1. The number of aliphatic hydroxyl groups excluding tert-OH is 1. The zero-order valence-electron chi connectivity index (χ0n) is 11.9. The van der Waals surface area contributed by atoms with Gasteiger partial charge >= 0.3 is 6.09 Å². The predicted octanol–water partition coefficient (Wildman–Crippen LogP) is 2.31. The maximum atomic E-state index is 12.4. The highest BCUT2D eigenvalue weighted by molar-refractivity contribution is 5.69. The molecule has 3 rings (SSSR count). The summed E-state index contributed by atoms with van der Waals surface area (Å²) in [5.41, 5.74) is 1.61. The molecule has 0 spiro atoms. The van der Waals surface area contributed by atoms with Crippen LogP contribution in [0.2, 0.25) is 0 Å². The van der Waals surface area contributed by atoms with Gasteiger partial charge in [0.2, 0.25) is 0 Å². The van der Waals surface area contributed by atoms with Gasteiger partial charge in [-0.2, -0.15) is 0 Å². The molecule has 2 heterocycles. The van der Waals surface area contributed by atoms with E-state index in [1.54, 1.807) is 6.07 Å². The largest absolute Gasteiger partial charge is 0.472 e. The Balaban J connectivity index is 1.70. The van der Waals surface area contributed by atoms with E-state index in [1.807, 2.05) is 30.3 Å². The summed E-state index contributed by atoms with van der Waals surface area (Å²) in [5, 5.41) is 9.43. The van der Waals surface area contributed by atoms with Crippen LogP contribution in [-0.4, -0.2) is 35.4 Å². The van der Waals surface area contributed by atoms with Crippen molar-refractivity contribution in [3.8, 4) is 0 Å². The van der Waals surface area contributed by atoms with E-state index in [9.17, 15) is 9.90 Å². The summed E-state index contributed by atoms with van der Waals surface area (Å²) in [6.45, 7) is 0.244. The molecule has 1 fully saturated rings. The highest BCUT2D eigenvalue weighted by Crippen LogP contribution is 2.31. The van der Waals surface area contributed by atoms with Gasteiger partial charge in [0, 0.05) is 5.56 Å². The van der Waals surface area contributed by atoms with Crippen LogP contribution in [0.25, 0.3) is 0 Å². The Labute approximate surface area is 127 Å². The maximum absolute atomic E-state index is 12.4. The van der Waals surface area contributed by atoms with Crippen molar-refractivity contribution in [1.82, 2.24) is 4.90 Å². The fraction of sp³-hybridized carbons (Fsp3) is 0.312. The van der Waals surface area contributed by atoms with E-state index in [0.29, 0.717) is 5.56 Å². The van der Waals surface area contributed by atoms with Crippen LogP contribution < -0.4 is 0 Å². The average Bonchev–Trinajstić information content (AvgIpc) is 3.22. The Morgan fingerprint density at radius 1 is 1.32 bits per heavy atom. The second kappa shape index (κ2) is 6.64. The minimum Gasteiger partial charge on any atom is -0.472 e. The monoisotopic (exact) mass is 303 g/mol. The summed E-state index contributed by atoms with van der Waals surface area (Å²) >= 11 is 0.